The van der Waals surface area contributed by atoms with E-state index in [1.807, 2.05) is 36.7 Å². The van der Waals surface area contributed by atoms with E-state index in [1.54, 1.807) is 18.2 Å². The minimum Gasteiger partial charge on any atom is -0.504 e. The van der Waals surface area contributed by atoms with E-state index in [9.17, 15) is 9.90 Å². The van der Waals surface area contributed by atoms with Gasteiger partial charge in [-0.05, 0) is 31.5 Å². The second-order valence-corrected chi connectivity index (χ2v) is 6.33. The molecule has 140 valence electrons. The average Bonchev–Trinajstić information content (AvgIpc) is 2.93. The number of phenolic OH excluding ortho intramolecular Hbond substituents is 1. The Kier molecular flexibility index (Phi) is 5.76. The molecule has 6 heteroatoms. The van der Waals surface area contributed by atoms with Crippen LogP contribution in [0, 0.1) is 13.8 Å². The summed E-state index contributed by atoms with van der Waals surface area (Å²) in [6.07, 6.45) is 0. The maximum Gasteiger partial charge on any atom is 0.258 e. The lowest BCUT2D eigenvalue weighted by Gasteiger charge is -2.09. The lowest BCUT2D eigenvalue weighted by Crippen LogP contribution is -2.28. The number of amides is 1. The zero-order chi connectivity index (χ0) is 19.2. The highest BCUT2D eigenvalue weighted by molar-refractivity contribution is 5.77. The van der Waals surface area contributed by atoms with Crippen molar-refractivity contribution in [2.24, 2.45) is 0 Å². The van der Waals surface area contributed by atoms with Crippen LogP contribution in [0.3, 0.4) is 0 Å². The molecule has 0 aliphatic rings. The molecule has 3 rings (SSSR count). The van der Waals surface area contributed by atoms with Crippen LogP contribution >= 0.6 is 0 Å². The first-order valence-corrected chi connectivity index (χ1v) is 8.79. The van der Waals surface area contributed by atoms with E-state index in [2.05, 4.69) is 22.5 Å². The van der Waals surface area contributed by atoms with Crippen molar-refractivity contribution in [3.63, 3.8) is 0 Å². The Morgan fingerprint density at radius 3 is 2.56 bits per heavy atom. The molecule has 0 aliphatic carbocycles. The number of ether oxygens (including phenoxy) is 1. The minimum atomic E-state index is -0.257. The highest BCUT2D eigenvalue weighted by Gasteiger charge is 2.13. The lowest BCUT2D eigenvalue weighted by molar-refractivity contribution is -0.123. The van der Waals surface area contributed by atoms with Gasteiger partial charge in [-0.15, -0.1) is 0 Å². The molecule has 0 unspecified atom stereocenters. The number of carbonyl (C=O) groups excluding carboxylic acids is 1. The molecule has 0 bridgehead atoms. The number of para-hydroxylation sites is 2. The quantitative estimate of drug-likeness (QED) is 0.675. The van der Waals surface area contributed by atoms with Crippen LogP contribution in [0.1, 0.15) is 22.5 Å². The summed E-state index contributed by atoms with van der Waals surface area (Å²) < 4.78 is 7.30. The lowest BCUT2D eigenvalue weighted by atomic mass is 10.2. The number of nitrogens with zero attached hydrogens (tertiary/aromatic N) is 2. The summed E-state index contributed by atoms with van der Waals surface area (Å²) in [5, 5.41) is 17.1. The normalized spacial score (nSPS) is 10.6. The van der Waals surface area contributed by atoms with Crippen LogP contribution < -0.4 is 10.1 Å². The Bertz CT molecular complexity index is 920. The van der Waals surface area contributed by atoms with E-state index >= 15 is 0 Å². The van der Waals surface area contributed by atoms with Gasteiger partial charge in [-0.3, -0.25) is 9.48 Å². The number of aromatic nitrogens is 2. The number of nitrogens with one attached hydrogen (secondary N) is 1. The van der Waals surface area contributed by atoms with E-state index in [1.165, 1.54) is 11.6 Å². The van der Waals surface area contributed by atoms with Gasteiger partial charge in [0.05, 0.1) is 12.2 Å². The van der Waals surface area contributed by atoms with Crippen molar-refractivity contribution in [2.75, 3.05) is 6.61 Å². The number of benzene rings is 2. The molecule has 0 fully saturated rings. The molecule has 1 aromatic heterocycles. The molecule has 0 saturated heterocycles. The van der Waals surface area contributed by atoms with Gasteiger partial charge in [-0.1, -0.05) is 42.5 Å². The van der Waals surface area contributed by atoms with Gasteiger partial charge in [0.25, 0.3) is 5.91 Å². The number of hydrogen-bond donors (Lipinski definition) is 2. The zero-order valence-electron chi connectivity index (χ0n) is 15.5. The molecular formula is C21H23N3O3. The highest BCUT2D eigenvalue weighted by Crippen LogP contribution is 2.24. The van der Waals surface area contributed by atoms with E-state index < -0.39 is 0 Å². The summed E-state index contributed by atoms with van der Waals surface area (Å²) >= 11 is 0. The van der Waals surface area contributed by atoms with Crippen molar-refractivity contribution in [3.8, 4) is 11.5 Å². The fraction of sp³-hybridized carbons (Fsp3) is 0.238. The second-order valence-electron chi connectivity index (χ2n) is 6.33. The summed E-state index contributed by atoms with van der Waals surface area (Å²) in [5.41, 5.74) is 4.10. The molecule has 1 heterocycles. The van der Waals surface area contributed by atoms with Crippen LogP contribution in [0.25, 0.3) is 0 Å². The molecule has 27 heavy (non-hydrogen) atoms. The third kappa shape index (κ3) is 4.67. The van der Waals surface area contributed by atoms with E-state index in [0.717, 1.165) is 17.0 Å². The SMILES string of the molecule is Cc1nn(Cc2ccccc2)c(C)c1CNC(=O)COc1ccccc1O. The fourth-order valence-corrected chi connectivity index (χ4v) is 2.86. The largest absolute Gasteiger partial charge is 0.504 e. The smallest absolute Gasteiger partial charge is 0.258 e. The molecule has 0 spiro atoms. The predicted octanol–water partition coefficient (Wildman–Crippen LogP) is 2.95. The van der Waals surface area contributed by atoms with Crippen LogP contribution in [0.4, 0.5) is 0 Å². The minimum absolute atomic E-state index is 0.0131. The van der Waals surface area contributed by atoms with E-state index in [4.69, 9.17) is 4.74 Å². The van der Waals surface area contributed by atoms with Gasteiger partial charge < -0.3 is 15.2 Å². The number of aryl methyl sites for hydroxylation is 1. The predicted molar refractivity (Wildman–Crippen MR) is 103 cm³/mol. The van der Waals surface area contributed by atoms with Gasteiger partial charge in [-0.2, -0.15) is 5.10 Å². The Morgan fingerprint density at radius 2 is 1.81 bits per heavy atom. The molecule has 3 aromatic rings. The summed E-state index contributed by atoms with van der Waals surface area (Å²) in [7, 11) is 0. The topological polar surface area (TPSA) is 76.4 Å². The number of carbonyl (C=O) groups is 1. The molecule has 6 nitrogen and oxygen atoms in total. The Labute approximate surface area is 158 Å². The van der Waals surface area contributed by atoms with Crippen LogP contribution in [0.2, 0.25) is 0 Å². The molecule has 0 radical (unpaired) electrons. The summed E-state index contributed by atoms with van der Waals surface area (Å²) in [6, 6.07) is 16.7. The highest BCUT2D eigenvalue weighted by atomic mass is 16.5. The Morgan fingerprint density at radius 1 is 1.11 bits per heavy atom. The van der Waals surface area contributed by atoms with Gasteiger partial charge in [0.15, 0.2) is 18.1 Å². The molecule has 0 atom stereocenters. The van der Waals surface area contributed by atoms with Gasteiger partial charge in [-0.25, -0.2) is 0 Å². The number of rotatable bonds is 7. The van der Waals surface area contributed by atoms with E-state index in [-0.39, 0.29) is 24.0 Å². The van der Waals surface area contributed by atoms with E-state index in [0.29, 0.717) is 13.1 Å². The van der Waals surface area contributed by atoms with Crippen LogP contribution in [-0.2, 0) is 17.9 Å². The van der Waals surface area contributed by atoms with Gasteiger partial charge in [0.2, 0.25) is 0 Å². The molecule has 2 N–H and O–H groups in total. The number of hydrogen-bond acceptors (Lipinski definition) is 4. The summed E-state index contributed by atoms with van der Waals surface area (Å²) in [5.74, 6) is 0.0442. The number of phenols is 1. The molecule has 2 aromatic carbocycles. The monoisotopic (exact) mass is 365 g/mol. The summed E-state index contributed by atoms with van der Waals surface area (Å²) in [6.45, 7) is 4.86. The second kappa shape index (κ2) is 8.40. The van der Waals surface area contributed by atoms with Crippen molar-refractivity contribution in [3.05, 3.63) is 77.1 Å². The van der Waals surface area contributed by atoms with Crippen molar-refractivity contribution < 1.29 is 14.6 Å². The van der Waals surface area contributed by atoms with Crippen molar-refractivity contribution in [1.82, 2.24) is 15.1 Å². The Hall–Kier alpha value is -3.28. The first kappa shape index (κ1) is 18.5. The van der Waals surface area contributed by atoms with Crippen molar-refractivity contribution in [2.45, 2.75) is 26.9 Å². The molecular weight excluding hydrogens is 342 g/mol. The number of aromatic hydroxyl groups is 1. The fourth-order valence-electron chi connectivity index (χ4n) is 2.86. The molecule has 0 saturated carbocycles. The van der Waals surface area contributed by atoms with Gasteiger partial charge in [0.1, 0.15) is 0 Å². The zero-order valence-corrected chi connectivity index (χ0v) is 15.5. The van der Waals surface area contributed by atoms with Crippen LogP contribution in [0.5, 0.6) is 11.5 Å². The first-order valence-electron chi connectivity index (χ1n) is 8.79. The average molecular weight is 365 g/mol. The first-order chi connectivity index (χ1) is 13.0. The third-order valence-corrected chi connectivity index (χ3v) is 4.39. The Balaban J connectivity index is 1.57. The van der Waals surface area contributed by atoms with Gasteiger partial charge >= 0.3 is 0 Å². The van der Waals surface area contributed by atoms with Crippen molar-refractivity contribution in [1.29, 1.82) is 0 Å². The third-order valence-electron chi connectivity index (χ3n) is 4.39. The maximum atomic E-state index is 12.1. The standard InChI is InChI=1S/C21H23N3O3/c1-15-18(16(2)24(23-15)13-17-8-4-3-5-9-17)12-22-21(26)14-27-20-11-7-6-10-19(20)25/h3-11,25H,12-14H2,1-2H3,(H,22,26). The van der Waals surface area contributed by atoms with Gasteiger partial charge in [0, 0.05) is 17.8 Å². The van der Waals surface area contributed by atoms with Crippen LogP contribution in [-0.4, -0.2) is 27.4 Å². The maximum absolute atomic E-state index is 12.1. The van der Waals surface area contributed by atoms with Crippen LogP contribution in [0.15, 0.2) is 54.6 Å². The summed E-state index contributed by atoms with van der Waals surface area (Å²) in [4.78, 5) is 12.1. The molecule has 0 aliphatic heterocycles. The molecule has 1 amide bonds. The van der Waals surface area contributed by atoms with Crippen molar-refractivity contribution >= 4 is 5.91 Å².